The molecule has 0 saturated carbocycles. The number of likely N-dealkylation sites (tertiary alicyclic amines) is 1. The van der Waals surface area contributed by atoms with Crippen molar-refractivity contribution in [1.29, 1.82) is 0 Å². The molecule has 1 aromatic carbocycles. The maximum atomic E-state index is 12.5. The van der Waals surface area contributed by atoms with Crippen LogP contribution in [-0.4, -0.2) is 60.4 Å². The highest BCUT2D eigenvalue weighted by Crippen LogP contribution is 2.22. The van der Waals surface area contributed by atoms with Gasteiger partial charge in [0.25, 0.3) is 0 Å². The maximum Gasteiger partial charge on any atom is 0.241 e. The van der Waals surface area contributed by atoms with E-state index in [1.165, 1.54) is 0 Å². The van der Waals surface area contributed by atoms with Crippen molar-refractivity contribution >= 4 is 5.91 Å². The van der Waals surface area contributed by atoms with Crippen molar-refractivity contribution < 1.29 is 18.8 Å². The van der Waals surface area contributed by atoms with E-state index in [0.29, 0.717) is 38.0 Å². The molecule has 0 radical (unpaired) electrons. The highest BCUT2D eigenvalue weighted by atomic mass is 16.5. The first-order valence-electron chi connectivity index (χ1n) is 10.6. The Morgan fingerprint density at radius 1 is 1.33 bits per heavy atom. The van der Waals surface area contributed by atoms with E-state index in [4.69, 9.17) is 14.0 Å². The molecule has 0 aliphatic carbocycles. The van der Waals surface area contributed by atoms with Crippen molar-refractivity contribution in [2.24, 2.45) is 5.92 Å². The number of nitrogens with zero attached hydrogens (tertiary/aromatic N) is 3. The number of amides is 1. The lowest BCUT2D eigenvalue weighted by Gasteiger charge is -2.30. The van der Waals surface area contributed by atoms with E-state index < -0.39 is 0 Å². The number of benzene rings is 1. The molecule has 1 amide bonds. The number of methoxy groups -OCH3 is 1. The molecule has 2 aromatic rings. The van der Waals surface area contributed by atoms with Gasteiger partial charge < -0.3 is 19.3 Å². The van der Waals surface area contributed by atoms with Gasteiger partial charge in [0.2, 0.25) is 17.6 Å². The summed E-state index contributed by atoms with van der Waals surface area (Å²) in [4.78, 5) is 19.2. The van der Waals surface area contributed by atoms with Gasteiger partial charge >= 0.3 is 0 Å². The Hall–Kier alpha value is -2.45. The van der Waals surface area contributed by atoms with Crippen LogP contribution in [0.25, 0.3) is 11.4 Å². The molecular formula is C22H32N4O4. The monoisotopic (exact) mass is 416 g/mol. The molecule has 1 unspecified atom stereocenters. The summed E-state index contributed by atoms with van der Waals surface area (Å²) >= 11 is 0. The van der Waals surface area contributed by atoms with Gasteiger partial charge in [0, 0.05) is 25.3 Å². The number of carbonyl (C=O) groups is 1. The normalized spacial score (nSPS) is 17.3. The van der Waals surface area contributed by atoms with E-state index in [1.54, 1.807) is 7.11 Å². The van der Waals surface area contributed by atoms with Crippen LogP contribution in [0.4, 0.5) is 0 Å². The predicted octanol–water partition coefficient (Wildman–Crippen LogP) is 2.89. The first-order valence-corrected chi connectivity index (χ1v) is 10.6. The number of nitrogens with one attached hydrogen (secondary N) is 1. The second kappa shape index (κ2) is 11.1. The number of piperidine rings is 1. The van der Waals surface area contributed by atoms with Crippen LogP contribution in [0.1, 0.15) is 39.0 Å². The van der Waals surface area contributed by atoms with E-state index >= 15 is 0 Å². The minimum absolute atomic E-state index is 0.00579. The van der Waals surface area contributed by atoms with Crippen LogP contribution in [0.5, 0.6) is 5.75 Å². The Bertz CT molecular complexity index is 791. The zero-order valence-electron chi connectivity index (χ0n) is 18.1. The molecule has 1 aliphatic heterocycles. The van der Waals surface area contributed by atoms with Crippen molar-refractivity contribution in [3.8, 4) is 17.1 Å². The average molecular weight is 417 g/mol. The average Bonchev–Trinajstić information content (AvgIpc) is 3.22. The molecule has 2 heterocycles. The third-order valence-electron chi connectivity index (χ3n) is 5.12. The first-order chi connectivity index (χ1) is 14.5. The summed E-state index contributed by atoms with van der Waals surface area (Å²) in [6.07, 6.45) is 2.94. The molecule has 8 nitrogen and oxygen atoms in total. The van der Waals surface area contributed by atoms with E-state index in [-0.39, 0.29) is 17.9 Å². The van der Waals surface area contributed by atoms with Crippen LogP contribution in [0.3, 0.4) is 0 Å². The third-order valence-corrected chi connectivity index (χ3v) is 5.12. The predicted molar refractivity (Wildman–Crippen MR) is 113 cm³/mol. The van der Waals surface area contributed by atoms with Crippen molar-refractivity contribution in [3.05, 3.63) is 30.2 Å². The number of rotatable bonds is 10. The van der Waals surface area contributed by atoms with Gasteiger partial charge in [0.1, 0.15) is 5.75 Å². The fourth-order valence-corrected chi connectivity index (χ4v) is 3.53. The van der Waals surface area contributed by atoms with Crippen LogP contribution in [0, 0.1) is 5.92 Å². The smallest absolute Gasteiger partial charge is 0.241 e. The third kappa shape index (κ3) is 6.53. The zero-order chi connectivity index (χ0) is 21.3. The molecule has 0 spiro atoms. The number of ether oxygens (including phenoxy) is 2. The highest BCUT2D eigenvalue weighted by molar-refractivity contribution is 5.78. The zero-order valence-corrected chi connectivity index (χ0v) is 18.1. The summed E-state index contributed by atoms with van der Waals surface area (Å²) in [5.74, 6) is 2.02. The van der Waals surface area contributed by atoms with E-state index in [9.17, 15) is 4.79 Å². The lowest BCUT2D eigenvalue weighted by Crippen LogP contribution is -2.43. The fourth-order valence-electron chi connectivity index (χ4n) is 3.53. The molecule has 30 heavy (non-hydrogen) atoms. The van der Waals surface area contributed by atoms with Gasteiger partial charge in [-0.25, -0.2) is 0 Å². The summed E-state index contributed by atoms with van der Waals surface area (Å²) in [6, 6.07) is 7.55. The number of hydrogen-bond donors (Lipinski definition) is 1. The van der Waals surface area contributed by atoms with Gasteiger partial charge in [-0.3, -0.25) is 9.69 Å². The van der Waals surface area contributed by atoms with Crippen molar-refractivity contribution in [2.75, 3.05) is 33.4 Å². The number of carbonyl (C=O) groups excluding carboxylic acids is 1. The Kier molecular flexibility index (Phi) is 8.21. The van der Waals surface area contributed by atoms with E-state index in [1.807, 2.05) is 38.1 Å². The summed E-state index contributed by atoms with van der Waals surface area (Å²) in [5.41, 5.74) is 0.878. The summed E-state index contributed by atoms with van der Waals surface area (Å²) < 4.78 is 16.1. The Morgan fingerprint density at radius 2 is 2.13 bits per heavy atom. The number of aromatic nitrogens is 2. The van der Waals surface area contributed by atoms with Gasteiger partial charge in [-0.05, 0) is 63.9 Å². The minimum Gasteiger partial charge on any atom is -0.497 e. The van der Waals surface area contributed by atoms with Crippen LogP contribution in [-0.2, 0) is 16.1 Å². The minimum atomic E-state index is -0.00579. The maximum absolute atomic E-state index is 12.5. The molecule has 0 bridgehead atoms. The van der Waals surface area contributed by atoms with Gasteiger partial charge in [-0.1, -0.05) is 5.16 Å². The first kappa shape index (κ1) is 22.2. The topological polar surface area (TPSA) is 89.7 Å². The summed E-state index contributed by atoms with van der Waals surface area (Å²) in [6.45, 7) is 7.52. The van der Waals surface area contributed by atoms with E-state index in [2.05, 4.69) is 20.4 Å². The Morgan fingerprint density at radius 3 is 2.87 bits per heavy atom. The Balaban J connectivity index is 1.46. The molecule has 1 N–H and O–H groups in total. The summed E-state index contributed by atoms with van der Waals surface area (Å²) in [7, 11) is 1.63. The molecular weight excluding hydrogens is 384 g/mol. The SMILES string of the molecule is COc1ccc(-c2noc(CN3CCCC(C(=O)NCCCOC(C)C)C3)n2)cc1. The van der Waals surface area contributed by atoms with Gasteiger partial charge in [-0.2, -0.15) is 4.98 Å². The molecule has 164 valence electrons. The lowest BCUT2D eigenvalue weighted by molar-refractivity contribution is -0.126. The number of hydrogen-bond acceptors (Lipinski definition) is 7. The highest BCUT2D eigenvalue weighted by Gasteiger charge is 2.26. The van der Waals surface area contributed by atoms with Gasteiger partial charge in [-0.15, -0.1) is 0 Å². The fraction of sp³-hybridized carbons (Fsp3) is 0.591. The van der Waals surface area contributed by atoms with Crippen molar-refractivity contribution in [3.63, 3.8) is 0 Å². The molecule has 8 heteroatoms. The standard InChI is InChI=1S/C22H32N4O4/c1-16(2)29-13-5-11-23-22(27)18-6-4-12-26(14-18)15-20-24-21(25-30-20)17-7-9-19(28-3)10-8-17/h7-10,16,18H,4-6,11-15H2,1-3H3,(H,23,27). The molecule has 3 rings (SSSR count). The van der Waals surface area contributed by atoms with Gasteiger partial charge in [0.05, 0.1) is 25.7 Å². The quantitative estimate of drug-likeness (QED) is 0.596. The van der Waals surface area contributed by atoms with Crippen molar-refractivity contribution in [1.82, 2.24) is 20.4 Å². The molecule has 1 atom stereocenters. The Labute approximate surface area is 177 Å². The second-order valence-corrected chi connectivity index (χ2v) is 7.88. The van der Waals surface area contributed by atoms with E-state index in [0.717, 1.165) is 37.1 Å². The van der Waals surface area contributed by atoms with Crippen LogP contribution >= 0.6 is 0 Å². The largest absolute Gasteiger partial charge is 0.497 e. The van der Waals surface area contributed by atoms with Crippen molar-refractivity contribution in [2.45, 2.75) is 45.8 Å². The molecule has 1 fully saturated rings. The molecule has 1 saturated heterocycles. The van der Waals surface area contributed by atoms with Gasteiger partial charge in [0.15, 0.2) is 0 Å². The molecule has 1 aliphatic rings. The second-order valence-electron chi connectivity index (χ2n) is 7.88. The lowest BCUT2D eigenvalue weighted by atomic mass is 9.97. The van der Waals surface area contributed by atoms with Crippen LogP contribution < -0.4 is 10.1 Å². The van der Waals surface area contributed by atoms with Crippen LogP contribution in [0.15, 0.2) is 28.8 Å². The molecule has 1 aromatic heterocycles. The van der Waals surface area contributed by atoms with Crippen LogP contribution in [0.2, 0.25) is 0 Å². The summed E-state index contributed by atoms with van der Waals surface area (Å²) in [5, 5.41) is 7.13.